The van der Waals surface area contributed by atoms with Gasteiger partial charge in [0.05, 0.1) is 5.92 Å². The first-order chi connectivity index (χ1) is 8.99. The lowest BCUT2D eigenvalue weighted by molar-refractivity contribution is -0.138. The Bertz CT molecular complexity index is 525. The molecular weight excluding hydrogens is 240 g/mol. The smallest absolute Gasteiger partial charge is 0.310 e. The van der Waals surface area contributed by atoms with Crippen LogP contribution < -0.4 is 0 Å². The second kappa shape index (κ2) is 5.39. The van der Waals surface area contributed by atoms with Crippen LogP contribution in [0.2, 0.25) is 0 Å². The Kier molecular flexibility index (Phi) is 3.84. The Morgan fingerprint density at radius 1 is 1.32 bits per heavy atom. The van der Waals surface area contributed by atoms with Gasteiger partial charge in [0.1, 0.15) is 0 Å². The normalized spacial score (nSPS) is 20.8. The molecule has 1 aliphatic carbocycles. The molecule has 3 nitrogen and oxygen atoms in total. The number of allylic oxidation sites excluding steroid dienone is 2. The SMILES string of the molecule is CC1CCC(=O)C=C1c1ccc(C(C)C(=O)O)cc1. The Hall–Kier alpha value is -1.90. The average Bonchev–Trinajstić information content (AvgIpc) is 2.41. The molecule has 0 heterocycles. The zero-order valence-electron chi connectivity index (χ0n) is 11.2. The maximum atomic E-state index is 11.5. The van der Waals surface area contributed by atoms with E-state index in [9.17, 15) is 9.59 Å². The lowest BCUT2D eigenvalue weighted by Crippen LogP contribution is -2.11. The molecule has 0 saturated heterocycles. The molecule has 0 fully saturated rings. The Balaban J connectivity index is 2.28. The van der Waals surface area contributed by atoms with E-state index in [1.165, 1.54) is 0 Å². The molecule has 1 aromatic rings. The van der Waals surface area contributed by atoms with Crippen molar-refractivity contribution in [2.24, 2.45) is 5.92 Å². The highest BCUT2D eigenvalue weighted by atomic mass is 16.4. The molecule has 19 heavy (non-hydrogen) atoms. The van der Waals surface area contributed by atoms with Crippen LogP contribution in [0.4, 0.5) is 0 Å². The number of rotatable bonds is 3. The van der Waals surface area contributed by atoms with Gasteiger partial charge in [-0.25, -0.2) is 0 Å². The van der Waals surface area contributed by atoms with Crippen LogP contribution in [0.1, 0.15) is 43.7 Å². The molecule has 2 atom stereocenters. The van der Waals surface area contributed by atoms with Gasteiger partial charge in [-0.1, -0.05) is 31.2 Å². The first-order valence-electron chi connectivity index (χ1n) is 6.56. The molecule has 0 aromatic heterocycles. The summed E-state index contributed by atoms with van der Waals surface area (Å²) in [6.07, 6.45) is 3.24. The van der Waals surface area contributed by atoms with Crippen LogP contribution in [-0.2, 0) is 9.59 Å². The third-order valence-electron chi connectivity index (χ3n) is 3.79. The fourth-order valence-electron chi connectivity index (χ4n) is 2.38. The summed E-state index contributed by atoms with van der Waals surface area (Å²) in [5, 5.41) is 8.97. The van der Waals surface area contributed by atoms with Gasteiger partial charge in [-0.15, -0.1) is 0 Å². The molecule has 0 aliphatic heterocycles. The maximum Gasteiger partial charge on any atom is 0.310 e. The Labute approximate surface area is 113 Å². The topological polar surface area (TPSA) is 54.4 Å². The van der Waals surface area contributed by atoms with Crippen LogP contribution in [0, 0.1) is 5.92 Å². The molecule has 0 saturated carbocycles. The van der Waals surface area contributed by atoms with Crippen molar-refractivity contribution in [2.45, 2.75) is 32.6 Å². The molecule has 0 radical (unpaired) electrons. The number of hydrogen-bond acceptors (Lipinski definition) is 2. The summed E-state index contributed by atoms with van der Waals surface area (Å²) >= 11 is 0. The zero-order valence-corrected chi connectivity index (χ0v) is 11.2. The van der Waals surface area contributed by atoms with Crippen molar-refractivity contribution >= 4 is 17.3 Å². The van der Waals surface area contributed by atoms with Gasteiger partial charge in [0, 0.05) is 6.42 Å². The van der Waals surface area contributed by atoms with Crippen LogP contribution in [0.5, 0.6) is 0 Å². The molecule has 0 bridgehead atoms. The molecule has 2 rings (SSSR count). The summed E-state index contributed by atoms with van der Waals surface area (Å²) in [5.41, 5.74) is 2.86. The van der Waals surface area contributed by atoms with Crippen LogP contribution in [-0.4, -0.2) is 16.9 Å². The lowest BCUT2D eigenvalue weighted by Gasteiger charge is -2.20. The minimum absolute atomic E-state index is 0.177. The highest BCUT2D eigenvalue weighted by molar-refractivity contribution is 5.98. The fourth-order valence-corrected chi connectivity index (χ4v) is 2.38. The van der Waals surface area contributed by atoms with Gasteiger partial charge >= 0.3 is 5.97 Å². The van der Waals surface area contributed by atoms with E-state index in [0.29, 0.717) is 12.3 Å². The third kappa shape index (κ3) is 2.92. The second-order valence-electron chi connectivity index (χ2n) is 5.19. The largest absolute Gasteiger partial charge is 0.481 e. The highest BCUT2D eigenvalue weighted by Crippen LogP contribution is 2.31. The molecule has 2 unspecified atom stereocenters. The fraction of sp³-hybridized carbons (Fsp3) is 0.375. The molecule has 0 amide bonds. The molecular formula is C16H18O3. The van der Waals surface area contributed by atoms with E-state index in [4.69, 9.17) is 5.11 Å². The van der Waals surface area contributed by atoms with Crippen molar-refractivity contribution in [3.63, 3.8) is 0 Å². The van der Waals surface area contributed by atoms with Gasteiger partial charge in [0.2, 0.25) is 0 Å². The molecule has 3 heteroatoms. The predicted molar refractivity (Wildman–Crippen MR) is 73.9 cm³/mol. The predicted octanol–water partition coefficient (Wildman–Crippen LogP) is 3.26. The second-order valence-corrected chi connectivity index (χ2v) is 5.19. The summed E-state index contributed by atoms with van der Waals surface area (Å²) in [6, 6.07) is 7.49. The van der Waals surface area contributed by atoms with Crippen molar-refractivity contribution in [3.8, 4) is 0 Å². The lowest BCUT2D eigenvalue weighted by atomic mass is 9.84. The van der Waals surface area contributed by atoms with Crippen molar-refractivity contribution in [1.29, 1.82) is 0 Å². The van der Waals surface area contributed by atoms with Gasteiger partial charge in [0.15, 0.2) is 5.78 Å². The molecule has 0 spiro atoms. The standard InChI is InChI=1S/C16H18O3/c1-10-3-8-14(17)9-15(10)13-6-4-12(5-7-13)11(2)16(18)19/h4-7,9-11H,3,8H2,1-2H3,(H,18,19). The third-order valence-corrected chi connectivity index (χ3v) is 3.79. The van der Waals surface area contributed by atoms with Crippen molar-refractivity contribution in [3.05, 3.63) is 41.5 Å². The van der Waals surface area contributed by atoms with Gasteiger partial charge in [0.25, 0.3) is 0 Å². The summed E-state index contributed by atoms with van der Waals surface area (Å²) < 4.78 is 0. The first kappa shape index (κ1) is 13.5. The van der Waals surface area contributed by atoms with E-state index >= 15 is 0 Å². The number of aliphatic carboxylic acids is 1. The van der Waals surface area contributed by atoms with Crippen LogP contribution in [0.25, 0.3) is 5.57 Å². The quantitative estimate of drug-likeness (QED) is 0.905. The van der Waals surface area contributed by atoms with E-state index < -0.39 is 11.9 Å². The van der Waals surface area contributed by atoms with Crippen LogP contribution in [0.15, 0.2) is 30.3 Å². The highest BCUT2D eigenvalue weighted by Gasteiger charge is 2.19. The van der Waals surface area contributed by atoms with Crippen molar-refractivity contribution < 1.29 is 14.7 Å². The number of carbonyl (C=O) groups excluding carboxylic acids is 1. The number of carboxylic acids is 1. The van der Waals surface area contributed by atoms with E-state index in [2.05, 4.69) is 6.92 Å². The van der Waals surface area contributed by atoms with Crippen LogP contribution >= 0.6 is 0 Å². The van der Waals surface area contributed by atoms with Gasteiger partial charge in [-0.3, -0.25) is 9.59 Å². The molecule has 1 N–H and O–H groups in total. The first-order valence-corrected chi connectivity index (χ1v) is 6.56. The number of hydrogen-bond donors (Lipinski definition) is 1. The average molecular weight is 258 g/mol. The molecule has 100 valence electrons. The number of carbonyl (C=O) groups is 2. The molecule has 1 aromatic carbocycles. The maximum absolute atomic E-state index is 11.5. The Morgan fingerprint density at radius 3 is 2.53 bits per heavy atom. The summed E-state index contributed by atoms with van der Waals surface area (Å²) in [7, 11) is 0. The number of carboxylic acid groups (broad SMARTS) is 1. The van der Waals surface area contributed by atoms with Crippen molar-refractivity contribution in [2.75, 3.05) is 0 Å². The van der Waals surface area contributed by atoms with Crippen molar-refractivity contribution in [1.82, 2.24) is 0 Å². The van der Waals surface area contributed by atoms with E-state index in [1.54, 1.807) is 13.0 Å². The monoisotopic (exact) mass is 258 g/mol. The molecule has 1 aliphatic rings. The van der Waals surface area contributed by atoms with Gasteiger partial charge in [-0.05, 0) is 42.0 Å². The van der Waals surface area contributed by atoms with Gasteiger partial charge < -0.3 is 5.11 Å². The summed E-state index contributed by atoms with van der Waals surface area (Å²) in [4.78, 5) is 22.4. The minimum Gasteiger partial charge on any atom is -0.481 e. The number of benzene rings is 1. The summed E-state index contributed by atoms with van der Waals surface area (Å²) in [5.74, 6) is -0.779. The van der Waals surface area contributed by atoms with E-state index in [1.807, 2.05) is 24.3 Å². The zero-order chi connectivity index (χ0) is 14.0. The van der Waals surface area contributed by atoms with Crippen LogP contribution in [0.3, 0.4) is 0 Å². The van der Waals surface area contributed by atoms with E-state index in [0.717, 1.165) is 23.1 Å². The number of ketones is 1. The van der Waals surface area contributed by atoms with E-state index in [-0.39, 0.29) is 5.78 Å². The summed E-state index contributed by atoms with van der Waals surface area (Å²) in [6.45, 7) is 3.79. The van der Waals surface area contributed by atoms with Gasteiger partial charge in [-0.2, -0.15) is 0 Å². The minimum atomic E-state index is -0.826. The Morgan fingerprint density at radius 2 is 1.95 bits per heavy atom.